The van der Waals surface area contributed by atoms with Crippen LogP contribution in [0.4, 0.5) is 5.69 Å². The molecule has 0 spiro atoms. The summed E-state index contributed by atoms with van der Waals surface area (Å²) in [6.45, 7) is 3.69. The number of nitro groups is 1. The van der Waals surface area contributed by atoms with E-state index in [0.717, 1.165) is 5.56 Å². The molecule has 3 heterocycles. The minimum atomic E-state index is -0.726. The van der Waals surface area contributed by atoms with Gasteiger partial charge in [-0.05, 0) is 55.3 Å². The number of H-pyrrole nitrogens is 1. The first-order valence-corrected chi connectivity index (χ1v) is 12.4. The van der Waals surface area contributed by atoms with Crippen LogP contribution in [0.2, 0.25) is 0 Å². The Kier molecular flexibility index (Phi) is 6.84. The number of aromatic nitrogens is 1. The summed E-state index contributed by atoms with van der Waals surface area (Å²) in [4.78, 5) is 45.2. The van der Waals surface area contributed by atoms with Gasteiger partial charge in [-0.3, -0.25) is 19.9 Å². The molecule has 2 atom stereocenters. The number of esters is 1. The number of carbonyl (C=O) groups is 2. The van der Waals surface area contributed by atoms with Gasteiger partial charge in [-0.2, -0.15) is 0 Å². The van der Waals surface area contributed by atoms with Crippen LogP contribution < -0.4 is 10.1 Å². The average Bonchev–Trinajstić information content (AvgIpc) is 3.53. The fourth-order valence-electron chi connectivity index (χ4n) is 4.86. The number of aromatic amines is 1. The molecule has 0 radical (unpaired) electrons. The van der Waals surface area contributed by atoms with Gasteiger partial charge in [-0.25, -0.2) is 4.79 Å². The first kappa shape index (κ1) is 25.7. The number of fused-ring (bicyclic) bond motifs is 1. The van der Waals surface area contributed by atoms with E-state index in [4.69, 9.17) is 14.5 Å². The van der Waals surface area contributed by atoms with Crippen molar-refractivity contribution in [1.29, 1.82) is 0 Å². The quantitative estimate of drug-likeness (QED) is 0.196. The first-order chi connectivity index (χ1) is 18.8. The minimum Gasteiger partial charge on any atom is -0.497 e. The molecular formula is C29H26N4O6. The van der Waals surface area contributed by atoms with Crippen LogP contribution in [0, 0.1) is 16.0 Å². The number of benzene rings is 2. The van der Waals surface area contributed by atoms with Crippen LogP contribution in [0.15, 0.2) is 82.5 Å². The molecule has 1 fully saturated rings. The molecule has 0 amide bonds. The number of ketones is 1. The Hall–Kier alpha value is -4.99. The second-order valence-electron chi connectivity index (χ2n) is 9.12. The molecule has 5 rings (SSSR count). The molecule has 10 heteroatoms. The van der Waals surface area contributed by atoms with Gasteiger partial charge >= 0.3 is 5.97 Å². The van der Waals surface area contributed by atoms with Gasteiger partial charge in [0, 0.05) is 29.1 Å². The van der Waals surface area contributed by atoms with Crippen molar-refractivity contribution in [1.82, 2.24) is 10.3 Å². The predicted octanol–water partition coefficient (Wildman–Crippen LogP) is 4.76. The Morgan fingerprint density at radius 2 is 1.92 bits per heavy atom. The molecule has 198 valence electrons. The number of allylic oxidation sites excluding steroid dienone is 1. The zero-order chi connectivity index (χ0) is 27.7. The number of carbonyl (C=O) groups excluding carboxylic acids is 2. The lowest BCUT2D eigenvalue weighted by Gasteiger charge is -2.26. The van der Waals surface area contributed by atoms with Crippen molar-refractivity contribution in [3.8, 4) is 17.0 Å². The number of nitro benzene ring substituents is 1. The normalized spacial score (nSPS) is 19.4. The van der Waals surface area contributed by atoms with E-state index in [0.29, 0.717) is 45.4 Å². The number of amidine groups is 1. The third kappa shape index (κ3) is 4.84. The standard InChI is InChI=1S/C29H26N4O6/c1-4-39-29(35)24-16(2)25-27(34)23(31-28(25)32-26(24)17-8-11-21(38-3)12-9-17)15-19-10-13-22(30-19)18-6-5-7-20(14-18)33(36)37/h5-15,25-26,30H,4H2,1-3H3,(H,31,32). The number of nitrogens with zero attached hydrogens (tertiary/aromatic N) is 2. The third-order valence-corrected chi connectivity index (χ3v) is 6.77. The van der Waals surface area contributed by atoms with Gasteiger partial charge < -0.3 is 19.8 Å². The number of hydrogen-bond donors (Lipinski definition) is 2. The highest BCUT2D eigenvalue weighted by atomic mass is 16.6. The van der Waals surface area contributed by atoms with Crippen molar-refractivity contribution in [2.75, 3.05) is 13.7 Å². The van der Waals surface area contributed by atoms with E-state index in [1.165, 1.54) is 12.1 Å². The highest BCUT2D eigenvalue weighted by Crippen LogP contribution is 2.40. The summed E-state index contributed by atoms with van der Waals surface area (Å²) >= 11 is 0. The molecular weight excluding hydrogens is 500 g/mol. The zero-order valence-electron chi connectivity index (χ0n) is 21.6. The van der Waals surface area contributed by atoms with Crippen molar-refractivity contribution in [2.24, 2.45) is 10.9 Å². The van der Waals surface area contributed by atoms with Gasteiger partial charge in [-0.1, -0.05) is 24.3 Å². The molecule has 0 saturated carbocycles. The second kappa shape index (κ2) is 10.4. The molecule has 2 unspecified atom stereocenters. The maximum Gasteiger partial charge on any atom is 0.336 e. The number of dihydropyridines is 1. The predicted molar refractivity (Wildman–Crippen MR) is 145 cm³/mol. The number of Topliss-reactive ketones (excluding diaryl/α,β-unsaturated/α-hetero) is 1. The molecule has 2 N–H and O–H groups in total. The fraction of sp³-hybridized carbons (Fsp3) is 0.207. The highest BCUT2D eigenvalue weighted by Gasteiger charge is 2.44. The second-order valence-corrected chi connectivity index (χ2v) is 9.12. The van der Waals surface area contributed by atoms with Crippen LogP contribution in [-0.2, 0) is 14.3 Å². The number of non-ortho nitro benzene ring substituents is 1. The van der Waals surface area contributed by atoms with Gasteiger partial charge in [0.25, 0.3) is 5.69 Å². The number of aliphatic imine (C=N–C) groups is 1. The number of hydrogen-bond acceptors (Lipinski definition) is 8. The van der Waals surface area contributed by atoms with Crippen molar-refractivity contribution < 1.29 is 24.0 Å². The minimum absolute atomic E-state index is 0.0113. The van der Waals surface area contributed by atoms with Crippen LogP contribution in [0.3, 0.4) is 0 Å². The summed E-state index contributed by atoms with van der Waals surface area (Å²) in [6, 6.07) is 16.5. The van der Waals surface area contributed by atoms with Crippen LogP contribution in [0.5, 0.6) is 5.75 Å². The molecule has 2 aliphatic heterocycles. The molecule has 39 heavy (non-hydrogen) atoms. The van der Waals surface area contributed by atoms with E-state index in [1.54, 1.807) is 63.4 Å². The third-order valence-electron chi connectivity index (χ3n) is 6.77. The lowest BCUT2D eigenvalue weighted by molar-refractivity contribution is -0.384. The lowest BCUT2D eigenvalue weighted by atomic mass is 9.84. The number of methoxy groups -OCH3 is 1. The molecule has 2 aromatic carbocycles. The van der Waals surface area contributed by atoms with Crippen molar-refractivity contribution >= 4 is 29.4 Å². The van der Waals surface area contributed by atoms with E-state index in [9.17, 15) is 19.7 Å². The van der Waals surface area contributed by atoms with Crippen LogP contribution in [-0.4, -0.2) is 41.2 Å². The summed E-state index contributed by atoms with van der Waals surface area (Å²) < 4.78 is 10.6. The monoisotopic (exact) mass is 526 g/mol. The highest BCUT2D eigenvalue weighted by molar-refractivity contribution is 6.23. The van der Waals surface area contributed by atoms with Gasteiger partial charge in [-0.15, -0.1) is 0 Å². The Morgan fingerprint density at radius 3 is 2.62 bits per heavy atom. The zero-order valence-corrected chi connectivity index (χ0v) is 21.6. The average molecular weight is 527 g/mol. The molecule has 0 aliphatic carbocycles. The maximum absolute atomic E-state index is 13.5. The molecule has 2 aliphatic rings. The lowest BCUT2D eigenvalue weighted by Crippen LogP contribution is -2.31. The molecule has 1 aromatic heterocycles. The Morgan fingerprint density at radius 1 is 1.15 bits per heavy atom. The summed E-state index contributed by atoms with van der Waals surface area (Å²) in [5.74, 6) is -0.310. The maximum atomic E-state index is 13.5. The Balaban J connectivity index is 1.49. The summed E-state index contributed by atoms with van der Waals surface area (Å²) in [7, 11) is 1.58. The van der Waals surface area contributed by atoms with Gasteiger partial charge in [0.15, 0.2) is 5.78 Å². The van der Waals surface area contributed by atoms with E-state index < -0.39 is 22.9 Å². The van der Waals surface area contributed by atoms with E-state index in [1.807, 2.05) is 12.1 Å². The van der Waals surface area contributed by atoms with Crippen molar-refractivity contribution in [2.45, 2.75) is 19.9 Å². The fourth-order valence-corrected chi connectivity index (χ4v) is 4.86. The Labute approximate surface area is 224 Å². The topological polar surface area (TPSA) is 136 Å². The van der Waals surface area contributed by atoms with E-state index >= 15 is 0 Å². The van der Waals surface area contributed by atoms with Gasteiger partial charge in [0.05, 0.1) is 29.9 Å². The van der Waals surface area contributed by atoms with Crippen LogP contribution in [0.25, 0.3) is 17.3 Å². The molecule has 0 bridgehead atoms. The van der Waals surface area contributed by atoms with Crippen LogP contribution in [0.1, 0.15) is 31.1 Å². The first-order valence-electron chi connectivity index (χ1n) is 12.4. The molecule has 1 saturated heterocycles. The number of ether oxygens (including phenoxy) is 2. The summed E-state index contributed by atoms with van der Waals surface area (Å²) in [5, 5.41) is 14.3. The number of nitrogens with one attached hydrogen (secondary N) is 2. The largest absolute Gasteiger partial charge is 0.497 e. The SMILES string of the molecule is CCOC(=O)C1=C(C)C2C(=O)C(=Cc3ccc(-c4cccc([N+](=O)[O-])c4)[nH]3)NC2=NC1c1ccc(OC)cc1. The smallest absolute Gasteiger partial charge is 0.336 e. The molecule has 3 aromatic rings. The Bertz CT molecular complexity index is 1560. The van der Waals surface area contributed by atoms with Crippen molar-refractivity contribution in [3.05, 3.63) is 98.9 Å². The van der Waals surface area contributed by atoms with E-state index in [-0.39, 0.29) is 18.1 Å². The van der Waals surface area contributed by atoms with Gasteiger partial charge in [0.2, 0.25) is 0 Å². The van der Waals surface area contributed by atoms with E-state index in [2.05, 4.69) is 10.3 Å². The van der Waals surface area contributed by atoms with Crippen molar-refractivity contribution in [3.63, 3.8) is 0 Å². The van der Waals surface area contributed by atoms with Crippen LogP contribution >= 0.6 is 0 Å². The summed E-state index contributed by atoms with van der Waals surface area (Å²) in [6.07, 6.45) is 1.67. The summed E-state index contributed by atoms with van der Waals surface area (Å²) in [5.41, 5.74) is 3.96. The number of rotatable bonds is 7. The molecule has 10 nitrogen and oxygen atoms in total. The van der Waals surface area contributed by atoms with Gasteiger partial charge in [0.1, 0.15) is 23.5 Å².